The molecule has 2 aromatic rings. The van der Waals surface area contributed by atoms with Crippen LogP contribution in [-0.4, -0.2) is 34.1 Å². The van der Waals surface area contributed by atoms with Crippen molar-refractivity contribution in [2.24, 2.45) is 0 Å². The van der Waals surface area contributed by atoms with Crippen molar-refractivity contribution >= 4 is 28.7 Å². The highest BCUT2D eigenvalue weighted by atomic mass is 35.5. The van der Waals surface area contributed by atoms with Crippen molar-refractivity contribution in [1.29, 1.82) is 0 Å². The third kappa shape index (κ3) is 6.57. The number of hydroxylamine groups is 1. The summed E-state index contributed by atoms with van der Waals surface area (Å²) in [4.78, 5) is 18.5. The molecule has 0 bridgehead atoms. The van der Waals surface area contributed by atoms with E-state index < -0.39 is 18.5 Å². The number of nitrogens with zero attached hydrogens (tertiary/aromatic N) is 1. The van der Waals surface area contributed by atoms with Crippen LogP contribution in [0.15, 0.2) is 29.1 Å². The minimum absolute atomic E-state index is 0.0661. The van der Waals surface area contributed by atoms with Crippen LogP contribution in [0, 0.1) is 12.7 Å². The predicted octanol–water partition coefficient (Wildman–Crippen LogP) is 4.29. The molecule has 0 fully saturated rings. The van der Waals surface area contributed by atoms with Crippen molar-refractivity contribution in [3.05, 3.63) is 62.3 Å². The first-order valence-electron chi connectivity index (χ1n) is 11.1. The molecule has 0 spiro atoms. The first kappa shape index (κ1) is 26.9. The number of aliphatic hydroxyl groups is 2. The number of aromatic nitrogens is 1. The van der Waals surface area contributed by atoms with E-state index in [0.717, 1.165) is 12.0 Å². The summed E-state index contributed by atoms with van der Waals surface area (Å²) in [7, 11) is 0. The molecule has 1 aromatic carbocycles. The third-order valence-electron chi connectivity index (χ3n) is 5.13. The van der Waals surface area contributed by atoms with Crippen LogP contribution < -0.4 is 16.4 Å². The van der Waals surface area contributed by atoms with Gasteiger partial charge in [-0.1, -0.05) is 44.0 Å². The summed E-state index contributed by atoms with van der Waals surface area (Å²) in [5.41, 5.74) is 5.49. The van der Waals surface area contributed by atoms with Crippen LogP contribution in [0.3, 0.4) is 0 Å². The molecule has 0 radical (unpaired) electrons. The fourth-order valence-corrected chi connectivity index (χ4v) is 3.70. The van der Waals surface area contributed by atoms with Gasteiger partial charge in [-0.15, -0.1) is 0 Å². The molecule has 1 unspecified atom stereocenters. The van der Waals surface area contributed by atoms with Crippen molar-refractivity contribution in [3.63, 3.8) is 0 Å². The highest BCUT2D eigenvalue weighted by Crippen LogP contribution is 2.35. The van der Waals surface area contributed by atoms with Crippen molar-refractivity contribution < 1.29 is 19.4 Å². The minimum Gasteiger partial charge on any atom is -0.394 e. The van der Waals surface area contributed by atoms with Crippen LogP contribution in [0.5, 0.6) is 0 Å². The maximum atomic E-state index is 14.7. The lowest BCUT2D eigenvalue weighted by atomic mass is 10.0. The van der Waals surface area contributed by atoms with Crippen LogP contribution >= 0.6 is 11.6 Å². The zero-order valence-corrected chi connectivity index (χ0v) is 20.3. The van der Waals surface area contributed by atoms with E-state index in [1.807, 2.05) is 26.8 Å². The number of nitrogens with one attached hydrogen (secondary N) is 2. The molecular weight excluding hydrogens is 449 g/mol. The van der Waals surface area contributed by atoms with Gasteiger partial charge in [-0.05, 0) is 44.4 Å². The maximum absolute atomic E-state index is 14.7. The summed E-state index contributed by atoms with van der Waals surface area (Å²) >= 11 is 6.54. The van der Waals surface area contributed by atoms with Crippen LogP contribution in [0.2, 0.25) is 5.02 Å². The second-order valence-corrected chi connectivity index (χ2v) is 8.06. The topological polar surface area (TPSA) is 95.8 Å². The average Bonchev–Trinajstić information content (AvgIpc) is 2.80. The zero-order valence-electron chi connectivity index (χ0n) is 19.5. The number of hydrogen-bond donors (Lipinski definition) is 4. The predicted molar refractivity (Wildman–Crippen MR) is 130 cm³/mol. The summed E-state index contributed by atoms with van der Waals surface area (Å²) in [6.45, 7) is 7.38. The molecule has 0 aliphatic rings. The molecule has 0 saturated carbocycles. The lowest BCUT2D eigenvalue weighted by molar-refractivity contribution is -0.0190. The van der Waals surface area contributed by atoms with Gasteiger partial charge in [0.2, 0.25) is 0 Å². The van der Waals surface area contributed by atoms with Gasteiger partial charge in [0.1, 0.15) is 23.6 Å². The van der Waals surface area contributed by atoms with Gasteiger partial charge in [0, 0.05) is 17.8 Å². The van der Waals surface area contributed by atoms with E-state index in [1.165, 1.54) is 6.07 Å². The van der Waals surface area contributed by atoms with E-state index in [2.05, 4.69) is 10.8 Å². The smallest absolute Gasteiger partial charge is 0.271 e. The lowest BCUT2D eigenvalue weighted by Gasteiger charge is -2.24. The fraction of sp³-hybridized carbons (Fsp3) is 0.458. The number of anilines is 2. The summed E-state index contributed by atoms with van der Waals surface area (Å²) in [5.74, 6) is -0.468. The third-order valence-corrected chi connectivity index (χ3v) is 5.48. The van der Waals surface area contributed by atoms with E-state index in [1.54, 1.807) is 23.6 Å². The standard InChI is InChI=1S/C24H33ClFN3O4/c1-5-8-9-19(28-33-14-16(31)13-30)21-20(6-2)29(7-3)24(32)22(25)23(21)27-18-11-10-15(4)12-17(18)26/h9-12,16,27-28,30-31H,5-8,13-14H2,1-4H3/b19-9-. The molecule has 1 heterocycles. The maximum Gasteiger partial charge on any atom is 0.271 e. The number of hydrogen-bond acceptors (Lipinski definition) is 6. The molecule has 9 heteroatoms. The Morgan fingerprint density at radius 1 is 1.33 bits per heavy atom. The lowest BCUT2D eigenvalue weighted by Crippen LogP contribution is -2.29. The molecule has 2 rings (SSSR count). The van der Waals surface area contributed by atoms with Crippen molar-refractivity contribution in [2.75, 3.05) is 18.5 Å². The zero-order chi connectivity index (χ0) is 24.5. The summed E-state index contributed by atoms with van der Waals surface area (Å²) in [6, 6.07) is 4.76. The average molecular weight is 482 g/mol. The molecule has 33 heavy (non-hydrogen) atoms. The van der Waals surface area contributed by atoms with E-state index >= 15 is 0 Å². The molecule has 0 aliphatic heterocycles. The largest absolute Gasteiger partial charge is 0.394 e. The van der Waals surface area contributed by atoms with E-state index in [-0.39, 0.29) is 28.6 Å². The Kier molecular flexibility index (Phi) is 10.4. The Bertz CT molecular complexity index is 1040. The summed E-state index contributed by atoms with van der Waals surface area (Å²) in [6.07, 6.45) is 2.90. The van der Waals surface area contributed by atoms with Crippen LogP contribution in [0.25, 0.3) is 5.70 Å². The van der Waals surface area contributed by atoms with Gasteiger partial charge in [0.05, 0.1) is 23.7 Å². The first-order chi connectivity index (χ1) is 15.8. The molecule has 0 saturated heterocycles. The van der Waals surface area contributed by atoms with Gasteiger partial charge < -0.3 is 20.1 Å². The van der Waals surface area contributed by atoms with Crippen molar-refractivity contribution in [1.82, 2.24) is 10.0 Å². The monoisotopic (exact) mass is 481 g/mol. The van der Waals surface area contributed by atoms with Crippen molar-refractivity contribution in [3.8, 4) is 0 Å². The quantitative estimate of drug-likeness (QED) is 0.338. The minimum atomic E-state index is -1.05. The first-order valence-corrected chi connectivity index (χ1v) is 11.5. The molecule has 1 aromatic heterocycles. The van der Waals surface area contributed by atoms with Gasteiger partial charge in [0.15, 0.2) is 0 Å². The SMILES string of the molecule is CCC/C=C(\NOCC(O)CO)c1c(Nc2ccc(C)cc2F)c(Cl)c(=O)n(CC)c1CC. The van der Waals surface area contributed by atoms with Gasteiger partial charge in [-0.2, -0.15) is 0 Å². The van der Waals surface area contributed by atoms with E-state index in [4.69, 9.17) is 21.5 Å². The number of unbranched alkanes of at least 4 members (excludes halogenated alkanes) is 1. The van der Waals surface area contributed by atoms with Gasteiger partial charge in [0.25, 0.3) is 5.56 Å². The fourth-order valence-electron chi connectivity index (χ4n) is 3.45. The normalized spacial score (nSPS) is 12.7. The molecule has 0 aliphatic carbocycles. The van der Waals surface area contributed by atoms with Crippen molar-refractivity contribution in [2.45, 2.75) is 59.6 Å². The number of benzene rings is 1. The number of aryl methyl sites for hydroxylation is 1. The van der Waals surface area contributed by atoms with E-state index in [0.29, 0.717) is 36.3 Å². The number of pyridine rings is 1. The Balaban J connectivity index is 2.71. The number of allylic oxidation sites excluding steroid dienone is 1. The second-order valence-electron chi connectivity index (χ2n) is 7.68. The second kappa shape index (κ2) is 12.7. The molecular formula is C24H33ClFN3O4. The molecule has 4 N–H and O–H groups in total. The molecule has 182 valence electrons. The Morgan fingerprint density at radius 3 is 2.64 bits per heavy atom. The van der Waals surface area contributed by atoms with Gasteiger partial charge in [-0.25, -0.2) is 4.39 Å². The number of rotatable bonds is 12. The van der Waals surface area contributed by atoms with Crippen LogP contribution in [0.1, 0.15) is 50.4 Å². The van der Waals surface area contributed by atoms with Gasteiger partial charge in [-0.3, -0.25) is 15.1 Å². The summed E-state index contributed by atoms with van der Waals surface area (Å²) < 4.78 is 16.2. The van der Waals surface area contributed by atoms with Crippen LogP contribution in [-0.2, 0) is 17.8 Å². The molecule has 1 atom stereocenters. The number of halogens is 2. The Morgan fingerprint density at radius 2 is 2.06 bits per heavy atom. The number of aliphatic hydroxyl groups excluding tert-OH is 2. The van der Waals surface area contributed by atoms with E-state index in [9.17, 15) is 14.3 Å². The van der Waals surface area contributed by atoms with Crippen LogP contribution in [0.4, 0.5) is 15.8 Å². The highest BCUT2D eigenvalue weighted by molar-refractivity contribution is 6.33. The highest BCUT2D eigenvalue weighted by Gasteiger charge is 2.23. The Labute approximate surface area is 198 Å². The molecule has 0 amide bonds. The van der Waals surface area contributed by atoms with Gasteiger partial charge >= 0.3 is 0 Å². The summed E-state index contributed by atoms with van der Waals surface area (Å²) in [5, 5.41) is 21.6. The Hall–Kier alpha value is -2.39. The molecule has 7 nitrogen and oxygen atoms in total.